The van der Waals surface area contributed by atoms with E-state index in [0.29, 0.717) is 0 Å². The standard InChI is InChI=1S/C8H8F7NO/c9-5(10)8(14,15)6(17)16(4-1-2-4)3-7(11,12)13/h4-5H,1-3H2. The van der Waals surface area contributed by atoms with Crippen molar-refractivity contribution in [1.82, 2.24) is 4.90 Å². The van der Waals surface area contributed by atoms with E-state index in [0.717, 1.165) is 0 Å². The molecule has 0 saturated heterocycles. The van der Waals surface area contributed by atoms with Gasteiger partial charge in [-0.25, -0.2) is 8.78 Å². The molecular formula is C8H8F7NO. The van der Waals surface area contributed by atoms with Gasteiger partial charge >= 0.3 is 18.5 Å². The summed E-state index contributed by atoms with van der Waals surface area (Å²) in [7, 11) is 0. The fourth-order valence-corrected chi connectivity index (χ4v) is 1.23. The summed E-state index contributed by atoms with van der Waals surface area (Å²) in [6.45, 7) is -1.93. The molecular weight excluding hydrogens is 259 g/mol. The fourth-order valence-electron chi connectivity index (χ4n) is 1.23. The molecule has 0 unspecified atom stereocenters. The quantitative estimate of drug-likeness (QED) is 0.716. The van der Waals surface area contributed by atoms with Gasteiger partial charge in [0.05, 0.1) is 0 Å². The molecule has 1 amide bonds. The third kappa shape index (κ3) is 3.47. The molecule has 1 aliphatic carbocycles. The molecule has 0 bridgehead atoms. The normalized spacial score (nSPS) is 17.4. The van der Waals surface area contributed by atoms with Crippen LogP contribution in [0.25, 0.3) is 0 Å². The van der Waals surface area contributed by atoms with Crippen molar-refractivity contribution in [3.8, 4) is 0 Å². The minimum atomic E-state index is -5.08. The molecule has 0 aromatic heterocycles. The van der Waals surface area contributed by atoms with E-state index < -0.39 is 37.0 Å². The van der Waals surface area contributed by atoms with Crippen molar-refractivity contribution in [3.05, 3.63) is 0 Å². The van der Waals surface area contributed by atoms with Crippen molar-refractivity contribution < 1.29 is 35.5 Å². The van der Waals surface area contributed by atoms with E-state index in [1.54, 1.807) is 0 Å². The Bertz CT molecular complexity index is 297. The van der Waals surface area contributed by atoms with Crippen molar-refractivity contribution in [2.24, 2.45) is 0 Å². The second-order valence-electron chi connectivity index (χ2n) is 3.70. The molecule has 2 nitrogen and oxygen atoms in total. The molecule has 1 aliphatic rings. The second-order valence-corrected chi connectivity index (χ2v) is 3.70. The van der Waals surface area contributed by atoms with Crippen molar-refractivity contribution in [2.75, 3.05) is 6.54 Å². The monoisotopic (exact) mass is 267 g/mol. The highest BCUT2D eigenvalue weighted by molar-refractivity contribution is 5.84. The lowest BCUT2D eigenvalue weighted by Gasteiger charge is -2.27. The highest BCUT2D eigenvalue weighted by atomic mass is 19.4. The average molecular weight is 267 g/mol. The Hall–Kier alpha value is -1.02. The first-order chi connectivity index (χ1) is 7.55. The predicted molar refractivity (Wildman–Crippen MR) is 41.7 cm³/mol. The summed E-state index contributed by atoms with van der Waals surface area (Å²) in [5.41, 5.74) is 0. The van der Waals surface area contributed by atoms with Gasteiger partial charge in [0.15, 0.2) is 0 Å². The van der Waals surface area contributed by atoms with E-state index in [1.165, 1.54) is 0 Å². The summed E-state index contributed by atoms with van der Waals surface area (Å²) in [5.74, 6) is -7.54. The van der Waals surface area contributed by atoms with Crippen LogP contribution in [0.5, 0.6) is 0 Å². The van der Waals surface area contributed by atoms with Crippen LogP contribution in [0.4, 0.5) is 30.7 Å². The van der Waals surface area contributed by atoms with E-state index in [9.17, 15) is 35.5 Å². The Kier molecular flexibility index (Phi) is 3.58. The molecule has 0 spiro atoms. The van der Waals surface area contributed by atoms with Crippen LogP contribution in [0.2, 0.25) is 0 Å². The van der Waals surface area contributed by atoms with Crippen LogP contribution < -0.4 is 0 Å². The van der Waals surface area contributed by atoms with Crippen LogP contribution in [0.3, 0.4) is 0 Å². The first-order valence-corrected chi connectivity index (χ1v) is 4.59. The van der Waals surface area contributed by atoms with Crippen LogP contribution in [-0.4, -0.2) is 41.9 Å². The lowest BCUT2D eigenvalue weighted by Crippen LogP contribution is -2.51. The molecule has 0 heterocycles. The first-order valence-electron chi connectivity index (χ1n) is 4.59. The highest BCUT2D eigenvalue weighted by Crippen LogP contribution is 2.35. The molecule has 1 saturated carbocycles. The number of rotatable bonds is 4. The lowest BCUT2D eigenvalue weighted by atomic mass is 10.2. The van der Waals surface area contributed by atoms with Crippen LogP contribution in [-0.2, 0) is 4.79 Å². The Morgan fingerprint density at radius 1 is 1.18 bits per heavy atom. The number of hydrogen-bond donors (Lipinski definition) is 0. The highest BCUT2D eigenvalue weighted by Gasteiger charge is 2.55. The van der Waals surface area contributed by atoms with Crippen LogP contribution in [0, 0.1) is 0 Å². The largest absolute Gasteiger partial charge is 0.406 e. The third-order valence-electron chi connectivity index (χ3n) is 2.16. The molecule has 0 atom stereocenters. The van der Waals surface area contributed by atoms with Crippen molar-refractivity contribution in [1.29, 1.82) is 0 Å². The van der Waals surface area contributed by atoms with Gasteiger partial charge in [0.25, 0.3) is 5.91 Å². The van der Waals surface area contributed by atoms with Crippen molar-refractivity contribution in [2.45, 2.75) is 37.4 Å². The molecule has 0 N–H and O–H groups in total. The number of halogens is 7. The zero-order valence-corrected chi connectivity index (χ0v) is 8.28. The number of hydrogen-bond acceptors (Lipinski definition) is 1. The molecule has 100 valence electrons. The first kappa shape index (κ1) is 14.0. The predicted octanol–water partition coefficient (Wildman–Crippen LogP) is 2.44. The van der Waals surface area contributed by atoms with Gasteiger partial charge in [-0.15, -0.1) is 0 Å². The number of alkyl halides is 7. The van der Waals surface area contributed by atoms with Gasteiger partial charge in [0.2, 0.25) is 0 Å². The fraction of sp³-hybridized carbons (Fsp3) is 0.875. The minimum absolute atomic E-state index is 0.112. The summed E-state index contributed by atoms with van der Waals surface area (Å²) in [6.07, 6.45) is -8.98. The Balaban J connectivity index is 2.81. The number of nitrogens with zero attached hydrogens (tertiary/aromatic N) is 1. The van der Waals surface area contributed by atoms with E-state index in [1.807, 2.05) is 0 Å². The summed E-state index contributed by atoms with van der Waals surface area (Å²) in [5, 5.41) is 0. The van der Waals surface area contributed by atoms with E-state index in [-0.39, 0.29) is 17.7 Å². The molecule has 0 aromatic carbocycles. The molecule has 0 aliphatic heterocycles. The van der Waals surface area contributed by atoms with Crippen molar-refractivity contribution >= 4 is 5.91 Å². The Morgan fingerprint density at radius 3 is 1.94 bits per heavy atom. The Morgan fingerprint density at radius 2 is 1.65 bits per heavy atom. The average Bonchev–Trinajstić information content (AvgIpc) is 2.94. The van der Waals surface area contributed by atoms with Crippen LogP contribution >= 0.6 is 0 Å². The van der Waals surface area contributed by atoms with Gasteiger partial charge in [0, 0.05) is 6.04 Å². The van der Waals surface area contributed by atoms with E-state index in [4.69, 9.17) is 0 Å². The SMILES string of the molecule is O=C(N(CC(F)(F)F)C1CC1)C(F)(F)C(F)F. The van der Waals surface area contributed by atoms with Gasteiger partial charge in [-0.1, -0.05) is 0 Å². The third-order valence-corrected chi connectivity index (χ3v) is 2.16. The van der Waals surface area contributed by atoms with E-state index >= 15 is 0 Å². The topological polar surface area (TPSA) is 20.3 Å². The second kappa shape index (κ2) is 4.34. The van der Waals surface area contributed by atoms with E-state index in [2.05, 4.69) is 0 Å². The van der Waals surface area contributed by atoms with Gasteiger partial charge in [-0.05, 0) is 12.8 Å². The van der Waals surface area contributed by atoms with Crippen molar-refractivity contribution in [3.63, 3.8) is 0 Å². The molecule has 0 aromatic rings. The molecule has 17 heavy (non-hydrogen) atoms. The number of carbonyl (C=O) groups excluding carboxylic acids is 1. The summed E-state index contributed by atoms with van der Waals surface area (Å²) in [4.78, 5) is 10.7. The van der Waals surface area contributed by atoms with Gasteiger partial charge in [-0.3, -0.25) is 4.79 Å². The zero-order chi connectivity index (χ0) is 13.4. The summed E-state index contributed by atoms with van der Waals surface area (Å²) < 4.78 is 85.1. The summed E-state index contributed by atoms with van der Waals surface area (Å²) >= 11 is 0. The number of carbonyl (C=O) groups is 1. The smallest absolute Gasteiger partial charge is 0.325 e. The van der Waals surface area contributed by atoms with Gasteiger partial charge in [-0.2, -0.15) is 22.0 Å². The molecule has 1 rings (SSSR count). The lowest BCUT2D eigenvalue weighted by molar-refractivity contribution is -0.195. The molecule has 1 fully saturated rings. The maximum atomic E-state index is 12.6. The molecule has 9 heteroatoms. The summed E-state index contributed by atoms with van der Waals surface area (Å²) in [6, 6.07) is -1.02. The zero-order valence-electron chi connectivity index (χ0n) is 8.28. The number of amides is 1. The van der Waals surface area contributed by atoms with Crippen LogP contribution in [0.15, 0.2) is 0 Å². The maximum Gasteiger partial charge on any atom is 0.406 e. The minimum Gasteiger partial charge on any atom is -0.325 e. The van der Waals surface area contributed by atoms with Gasteiger partial charge in [0.1, 0.15) is 6.54 Å². The van der Waals surface area contributed by atoms with Gasteiger partial charge < -0.3 is 4.90 Å². The molecule has 0 radical (unpaired) electrons. The van der Waals surface area contributed by atoms with Crippen LogP contribution in [0.1, 0.15) is 12.8 Å². The Labute approximate surface area is 91.4 Å². The maximum absolute atomic E-state index is 12.6.